The van der Waals surface area contributed by atoms with Crippen LogP contribution < -0.4 is 5.73 Å². The number of hydrogen-bond acceptors (Lipinski definition) is 4. The summed E-state index contributed by atoms with van der Waals surface area (Å²) in [5, 5.41) is 1.19. The van der Waals surface area contributed by atoms with Gasteiger partial charge in [0, 0.05) is 22.4 Å². The number of anilines is 1. The number of rotatable bonds is 3. The molecule has 0 saturated carbocycles. The van der Waals surface area contributed by atoms with Gasteiger partial charge in [-0.15, -0.1) is 0 Å². The summed E-state index contributed by atoms with van der Waals surface area (Å²) in [7, 11) is 0. The van der Waals surface area contributed by atoms with Gasteiger partial charge in [-0.25, -0.2) is 4.98 Å². The van der Waals surface area contributed by atoms with Crippen LogP contribution in [0.3, 0.4) is 0 Å². The van der Waals surface area contributed by atoms with E-state index in [1.807, 2.05) is 13.8 Å². The number of halogens is 2. The first-order chi connectivity index (χ1) is 8.97. The van der Waals surface area contributed by atoms with Gasteiger partial charge < -0.3 is 5.73 Å². The Balaban J connectivity index is 2.38. The van der Waals surface area contributed by atoms with Crippen LogP contribution >= 0.6 is 23.2 Å². The molecule has 0 radical (unpaired) electrons. The second kappa shape index (κ2) is 5.72. The minimum absolute atomic E-state index is 0.186. The van der Waals surface area contributed by atoms with E-state index < -0.39 is 0 Å². The number of nitrogens with zero attached hydrogens (tertiary/aromatic N) is 3. The molecule has 4 nitrogen and oxygen atoms in total. The molecule has 19 heavy (non-hydrogen) atoms. The SMILES string of the molecule is CC(C)c1nc(N)nc(Cc2c(Cl)cccc2Cl)n1. The highest BCUT2D eigenvalue weighted by atomic mass is 35.5. The zero-order valence-electron chi connectivity index (χ0n) is 10.7. The second-order valence-corrected chi connectivity index (χ2v) is 5.31. The van der Waals surface area contributed by atoms with Crippen molar-refractivity contribution in [3.05, 3.63) is 45.5 Å². The van der Waals surface area contributed by atoms with Crippen molar-refractivity contribution in [3.63, 3.8) is 0 Å². The van der Waals surface area contributed by atoms with Crippen LogP contribution in [0.5, 0.6) is 0 Å². The van der Waals surface area contributed by atoms with Crippen molar-refractivity contribution >= 4 is 29.2 Å². The van der Waals surface area contributed by atoms with E-state index in [9.17, 15) is 0 Å². The molecule has 2 N–H and O–H groups in total. The maximum Gasteiger partial charge on any atom is 0.223 e. The third kappa shape index (κ3) is 3.33. The molecule has 1 aromatic heterocycles. The molecule has 2 aromatic rings. The highest BCUT2D eigenvalue weighted by molar-refractivity contribution is 6.36. The number of nitrogen functional groups attached to an aromatic ring is 1. The summed E-state index contributed by atoms with van der Waals surface area (Å²) >= 11 is 12.3. The molecule has 0 unspecified atom stereocenters. The van der Waals surface area contributed by atoms with E-state index in [1.54, 1.807) is 18.2 Å². The average molecular weight is 297 g/mol. The van der Waals surface area contributed by atoms with Crippen LogP contribution in [0.15, 0.2) is 18.2 Å². The largest absolute Gasteiger partial charge is 0.368 e. The fourth-order valence-corrected chi connectivity index (χ4v) is 2.18. The molecule has 0 bridgehead atoms. The molecular formula is C13H14Cl2N4. The molecule has 0 amide bonds. The average Bonchev–Trinajstić information content (AvgIpc) is 2.33. The first kappa shape index (κ1) is 14.0. The predicted octanol–water partition coefficient (Wildman–Crippen LogP) is 3.47. The van der Waals surface area contributed by atoms with Crippen LogP contribution in [0.2, 0.25) is 10.0 Å². The fourth-order valence-electron chi connectivity index (χ4n) is 1.65. The Morgan fingerprint density at radius 2 is 1.74 bits per heavy atom. The smallest absolute Gasteiger partial charge is 0.223 e. The van der Waals surface area contributed by atoms with Crippen molar-refractivity contribution in [1.82, 2.24) is 15.0 Å². The molecule has 0 aliphatic rings. The van der Waals surface area contributed by atoms with Gasteiger partial charge in [0.05, 0.1) is 0 Å². The summed E-state index contributed by atoms with van der Waals surface area (Å²) in [6.45, 7) is 4.00. The molecule has 100 valence electrons. The van der Waals surface area contributed by atoms with Gasteiger partial charge in [0.25, 0.3) is 0 Å². The van der Waals surface area contributed by atoms with Crippen LogP contribution in [0.1, 0.15) is 37.0 Å². The van der Waals surface area contributed by atoms with Crippen LogP contribution in [0, 0.1) is 0 Å². The van der Waals surface area contributed by atoms with Gasteiger partial charge >= 0.3 is 0 Å². The molecule has 0 saturated heterocycles. The third-order valence-corrected chi connectivity index (χ3v) is 3.34. The lowest BCUT2D eigenvalue weighted by Gasteiger charge is -2.09. The van der Waals surface area contributed by atoms with E-state index in [0.717, 1.165) is 5.56 Å². The summed E-state index contributed by atoms with van der Waals surface area (Å²) in [6, 6.07) is 5.38. The Hall–Kier alpha value is -1.39. The highest BCUT2D eigenvalue weighted by Gasteiger charge is 2.12. The minimum atomic E-state index is 0.186. The lowest BCUT2D eigenvalue weighted by molar-refractivity contribution is 0.743. The Labute approximate surface area is 122 Å². The summed E-state index contributed by atoms with van der Waals surface area (Å²) in [6.07, 6.45) is 0.435. The van der Waals surface area contributed by atoms with E-state index in [-0.39, 0.29) is 11.9 Å². The van der Waals surface area contributed by atoms with Crippen LogP contribution in [0.25, 0.3) is 0 Å². The summed E-state index contributed by atoms with van der Waals surface area (Å²) in [4.78, 5) is 12.6. The zero-order chi connectivity index (χ0) is 14.0. The molecule has 0 spiro atoms. The highest BCUT2D eigenvalue weighted by Crippen LogP contribution is 2.26. The molecule has 1 aromatic carbocycles. The van der Waals surface area contributed by atoms with E-state index in [0.29, 0.717) is 28.1 Å². The maximum absolute atomic E-state index is 6.13. The third-order valence-electron chi connectivity index (χ3n) is 2.63. The van der Waals surface area contributed by atoms with Crippen molar-refractivity contribution in [3.8, 4) is 0 Å². The van der Waals surface area contributed by atoms with Crippen molar-refractivity contribution in [2.45, 2.75) is 26.2 Å². The number of nitrogens with two attached hydrogens (primary N) is 1. The molecule has 1 heterocycles. The van der Waals surface area contributed by atoms with Gasteiger partial charge in [0.15, 0.2) is 0 Å². The summed E-state index contributed by atoms with van der Waals surface area (Å²) < 4.78 is 0. The lowest BCUT2D eigenvalue weighted by atomic mass is 10.1. The molecule has 0 atom stereocenters. The van der Waals surface area contributed by atoms with Gasteiger partial charge in [0.1, 0.15) is 11.6 Å². The summed E-state index contributed by atoms with van der Waals surface area (Å²) in [5.74, 6) is 1.65. The molecule has 0 fully saturated rings. The zero-order valence-corrected chi connectivity index (χ0v) is 12.2. The molecular weight excluding hydrogens is 283 g/mol. The van der Waals surface area contributed by atoms with E-state index >= 15 is 0 Å². The van der Waals surface area contributed by atoms with E-state index in [2.05, 4.69) is 15.0 Å². The first-order valence-electron chi connectivity index (χ1n) is 5.90. The predicted molar refractivity (Wildman–Crippen MR) is 77.6 cm³/mol. The maximum atomic E-state index is 6.13. The number of hydrogen-bond donors (Lipinski definition) is 1. The Morgan fingerprint density at radius 3 is 2.32 bits per heavy atom. The number of benzene rings is 1. The summed E-state index contributed by atoms with van der Waals surface area (Å²) in [5.41, 5.74) is 6.50. The Kier molecular flexibility index (Phi) is 4.22. The van der Waals surface area contributed by atoms with Crippen molar-refractivity contribution in [2.24, 2.45) is 0 Å². The van der Waals surface area contributed by atoms with Gasteiger partial charge in [-0.3, -0.25) is 0 Å². The molecule has 0 aliphatic heterocycles. The topological polar surface area (TPSA) is 64.7 Å². The van der Waals surface area contributed by atoms with Gasteiger partial charge in [0.2, 0.25) is 5.95 Å². The molecule has 0 aliphatic carbocycles. The number of aromatic nitrogens is 3. The normalized spacial score (nSPS) is 11.0. The lowest BCUT2D eigenvalue weighted by Crippen LogP contribution is -2.09. The van der Waals surface area contributed by atoms with Crippen LogP contribution in [-0.4, -0.2) is 15.0 Å². The van der Waals surface area contributed by atoms with E-state index in [4.69, 9.17) is 28.9 Å². The Morgan fingerprint density at radius 1 is 1.11 bits per heavy atom. The van der Waals surface area contributed by atoms with Crippen LogP contribution in [-0.2, 0) is 6.42 Å². The van der Waals surface area contributed by atoms with Gasteiger partial charge in [-0.1, -0.05) is 43.1 Å². The Bertz CT molecular complexity index is 579. The fraction of sp³-hybridized carbons (Fsp3) is 0.308. The monoisotopic (exact) mass is 296 g/mol. The second-order valence-electron chi connectivity index (χ2n) is 4.50. The first-order valence-corrected chi connectivity index (χ1v) is 6.66. The van der Waals surface area contributed by atoms with Gasteiger partial charge in [-0.05, 0) is 17.7 Å². The van der Waals surface area contributed by atoms with Crippen molar-refractivity contribution < 1.29 is 0 Å². The molecule has 6 heteroatoms. The van der Waals surface area contributed by atoms with Crippen molar-refractivity contribution in [1.29, 1.82) is 0 Å². The van der Waals surface area contributed by atoms with Gasteiger partial charge in [-0.2, -0.15) is 9.97 Å². The van der Waals surface area contributed by atoms with Crippen molar-refractivity contribution in [2.75, 3.05) is 5.73 Å². The molecule has 2 rings (SSSR count). The van der Waals surface area contributed by atoms with E-state index in [1.165, 1.54) is 0 Å². The minimum Gasteiger partial charge on any atom is -0.368 e. The standard InChI is InChI=1S/C13H14Cl2N4/c1-7(2)12-17-11(18-13(16)19-12)6-8-9(14)4-3-5-10(8)15/h3-5,7H,6H2,1-2H3,(H2,16,17,18,19). The quantitative estimate of drug-likeness (QED) is 0.942. The van der Waals surface area contributed by atoms with Crippen LogP contribution in [0.4, 0.5) is 5.95 Å².